The quantitative estimate of drug-likeness (QED) is 0.779. The predicted molar refractivity (Wildman–Crippen MR) is 65.9 cm³/mol. The Kier molecular flexibility index (Phi) is 5.11. The second-order valence-electron chi connectivity index (χ2n) is 3.82. The molecule has 0 aliphatic carbocycles. The molecule has 1 aromatic heterocycles. The molecular weight excluding hydrogens is 282 g/mol. The molecule has 0 amide bonds. The summed E-state index contributed by atoms with van der Waals surface area (Å²) in [6.07, 6.45) is 0.357. The number of hydrogen-bond donors (Lipinski definition) is 1. The fourth-order valence-corrected chi connectivity index (χ4v) is 3.28. The largest absolute Gasteiger partial charge is 0.389 e. The molecule has 9 heteroatoms. The van der Waals surface area contributed by atoms with Gasteiger partial charge in [-0.05, 0) is 0 Å². The highest BCUT2D eigenvalue weighted by Gasteiger charge is 2.28. The normalized spacial score (nSPS) is 14.1. The number of rotatable bonds is 6. The summed E-state index contributed by atoms with van der Waals surface area (Å²) < 4.78 is 31.3. The van der Waals surface area contributed by atoms with Gasteiger partial charge in [-0.2, -0.15) is 9.40 Å². The molecule has 0 aliphatic heterocycles. The molecule has 0 saturated carbocycles. The zero-order chi connectivity index (χ0) is 13.9. The molecule has 0 spiro atoms. The summed E-state index contributed by atoms with van der Waals surface area (Å²) in [5.41, 5.74) is 0. The summed E-state index contributed by atoms with van der Waals surface area (Å²) in [5.74, 6) is 0. The van der Waals surface area contributed by atoms with E-state index in [9.17, 15) is 13.5 Å². The molecule has 1 N–H and O–H groups in total. The SMILES string of the molecule is COCC(O)CN(C)S(=O)(=O)c1c(Cl)cnn1C. The minimum atomic E-state index is -3.78. The van der Waals surface area contributed by atoms with E-state index in [-0.39, 0.29) is 23.2 Å². The van der Waals surface area contributed by atoms with Crippen LogP contribution in [0.2, 0.25) is 5.02 Å². The van der Waals surface area contributed by atoms with Gasteiger partial charge in [0.15, 0.2) is 5.03 Å². The number of hydrogen-bond acceptors (Lipinski definition) is 5. The molecule has 0 saturated heterocycles. The number of aromatic nitrogens is 2. The molecule has 1 rings (SSSR count). The standard InChI is InChI=1S/C9H16ClN3O4S/c1-12(5-7(14)6-17-3)18(15,16)9-8(10)4-11-13(9)2/h4,7,14H,5-6H2,1-3H3. The molecule has 1 atom stereocenters. The molecule has 0 fully saturated rings. The smallest absolute Gasteiger partial charge is 0.261 e. The Bertz CT molecular complexity index is 482. The molecular formula is C9H16ClN3O4S. The molecule has 7 nitrogen and oxygen atoms in total. The lowest BCUT2D eigenvalue weighted by Gasteiger charge is -2.20. The van der Waals surface area contributed by atoms with Gasteiger partial charge in [0.2, 0.25) is 0 Å². The van der Waals surface area contributed by atoms with Crippen molar-refractivity contribution in [3.63, 3.8) is 0 Å². The van der Waals surface area contributed by atoms with E-state index in [0.717, 1.165) is 4.31 Å². The third-order valence-corrected chi connectivity index (χ3v) is 4.66. The molecule has 1 heterocycles. The number of aliphatic hydroxyl groups excluding tert-OH is 1. The first-order valence-corrected chi connectivity index (χ1v) is 6.93. The molecule has 0 aliphatic rings. The van der Waals surface area contributed by atoms with Crippen molar-refractivity contribution >= 4 is 21.6 Å². The van der Waals surface area contributed by atoms with E-state index in [1.54, 1.807) is 0 Å². The fourth-order valence-electron chi connectivity index (χ4n) is 1.48. The molecule has 0 radical (unpaired) electrons. The van der Waals surface area contributed by atoms with Crippen molar-refractivity contribution in [3.05, 3.63) is 11.2 Å². The second kappa shape index (κ2) is 5.98. The Labute approximate surface area is 111 Å². The Morgan fingerprint density at radius 2 is 2.28 bits per heavy atom. The highest BCUT2D eigenvalue weighted by Crippen LogP contribution is 2.22. The summed E-state index contributed by atoms with van der Waals surface area (Å²) >= 11 is 5.80. The van der Waals surface area contributed by atoms with Crippen LogP contribution in [0.3, 0.4) is 0 Å². The minimum absolute atomic E-state index is 0.0468. The van der Waals surface area contributed by atoms with Crippen molar-refractivity contribution in [3.8, 4) is 0 Å². The first kappa shape index (κ1) is 15.4. The number of sulfonamides is 1. The molecule has 1 aromatic rings. The van der Waals surface area contributed by atoms with Gasteiger partial charge >= 0.3 is 0 Å². The fraction of sp³-hybridized carbons (Fsp3) is 0.667. The maximum Gasteiger partial charge on any atom is 0.261 e. The van der Waals surface area contributed by atoms with Crippen LogP contribution in [0.4, 0.5) is 0 Å². The van der Waals surface area contributed by atoms with Gasteiger partial charge < -0.3 is 9.84 Å². The van der Waals surface area contributed by atoms with E-state index in [2.05, 4.69) is 5.10 Å². The van der Waals surface area contributed by atoms with Gasteiger partial charge in [-0.15, -0.1) is 0 Å². The van der Waals surface area contributed by atoms with Crippen LogP contribution in [0.5, 0.6) is 0 Å². The summed E-state index contributed by atoms with van der Waals surface area (Å²) in [6.45, 7) is -0.0311. The summed E-state index contributed by atoms with van der Waals surface area (Å²) in [6, 6.07) is 0. The van der Waals surface area contributed by atoms with E-state index >= 15 is 0 Å². The molecule has 1 unspecified atom stereocenters. The minimum Gasteiger partial charge on any atom is -0.389 e. The predicted octanol–water partition coefficient (Wildman–Crippen LogP) is -0.299. The van der Waals surface area contributed by atoms with E-state index in [4.69, 9.17) is 16.3 Å². The molecule has 18 heavy (non-hydrogen) atoms. The summed E-state index contributed by atoms with van der Waals surface area (Å²) in [5, 5.41) is 13.3. The number of methoxy groups -OCH3 is 1. The number of aryl methyl sites for hydroxylation is 1. The van der Waals surface area contributed by atoms with Crippen LogP contribution in [0.25, 0.3) is 0 Å². The topological polar surface area (TPSA) is 84.7 Å². The van der Waals surface area contributed by atoms with E-state index in [0.29, 0.717) is 0 Å². The zero-order valence-electron chi connectivity index (χ0n) is 10.4. The van der Waals surface area contributed by atoms with Crippen LogP contribution in [-0.4, -0.2) is 61.0 Å². The lowest BCUT2D eigenvalue weighted by atomic mass is 10.4. The lowest BCUT2D eigenvalue weighted by molar-refractivity contribution is 0.0553. The van der Waals surface area contributed by atoms with Crippen molar-refractivity contribution in [2.45, 2.75) is 11.1 Å². The number of ether oxygens (including phenoxy) is 1. The molecule has 0 aromatic carbocycles. The van der Waals surface area contributed by atoms with E-state index in [1.807, 2.05) is 0 Å². The average Bonchev–Trinajstić information content (AvgIpc) is 2.59. The van der Waals surface area contributed by atoms with Gasteiger partial charge in [-0.1, -0.05) is 11.6 Å². The van der Waals surface area contributed by atoms with Crippen LogP contribution in [-0.2, 0) is 21.8 Å². The van der Waals surface area contributed by atoms with Gasteiger partial charge in [-0.25, -0.2) is 8.42 Å². The molecule has 0 bridgehead atoms. The number of aliphatic hydroxyl groups is 1. The van der Waals surface area contributed by atoms with Crippen LogP contribution >= 0.6 is 11.6 Å². The van der Waals surface area contributed by atoms with Gasteiger partial charge in [0.25, 0.3) is 10.0 Å². The van der Waals surface area contributed by atoms with Gasteiger partial charge in [0, 0.05) is 27.7 Å². The number of likely N-dealkylation sites (N-methyl/N-ethyl adjacent to an activating group) is 1. The number of halogens is 1. The van der Waals surface area contributed by atoms with Gasteiger partial charge in [-0.3, -0.25) is 4.68 Å². The van der Waals surface area contributed by atoms with Gasteiger partial charge in [0.05, 0.1) is 23.9 Å². The molecule has 104 valence electrons. The van der Waals surface area contributed by atoms with Crippen LogP contribution in [0, 0.1) is 0 Å². The van der Waals surface area contributed by atoms with Gasteiger partial charge in [0.1, 0.15) is 0 Å². The van der Waals surface area contributed by atoms with Crippen molar-refractivity contribution in [1.82, 2.24) is 14.1 Å². The first-order chi connectivity index (χ1) is 8.30. The third-order valence-electron chi connectivity index (χ3n) is 2.32. The monoisotopic (exact) mass is 297 g/mol. The van der Waals surface area contributed by atoms with Crippen LogP contribution < -0.4 is 0 Å². The van der Waals surface area contributed by atoms with Crippen LogP contribution in [0.15, 0.2) is 11.2 Å². The Balaban J connectivity index is 2.94. The lowest BCUT2D eigenvalue weighted by Crippen LogP contribution is -2.37. The van der Waals surface area contributed by atoms with Crippen molar-refractivity contribution in [2.75, 3.05) is 27.3 Å². The van der Waals surface area contributed by atoms with Crippen LogP contribution in [0.1, 0.15) is 0 Å². The Hall–Kier alpha value is -0.670. The first-order valence-electron chi connectivity index (χ1n) is 5.11. The second-order valence-corrected chi connectivity index (χ2v) is 6.18. The average molecular weight is 298 g/mol. The highest BCUT2D eigenvalue weighted by atomic mass is 35.5. The van der Waals surface area contributed by atoms with Crippen molar-refractivity contribution < 1.29 is 18.3 Å². The maximum absolute atomic E-state index is 12.2. The Morgan fingerprint density at radius 3 is 2.72 bits per heavy atom. The zero-order valence-corrected chi connectivity index (χ0v) is 11.9. The van der Waals surface area contributed by atoms with E-state index in [1.165, 1.54) is 32.1 Å². The van der Waals surface area contributed by atoms with Crippen molar-refractivity contribution in [2.24, 2.45) is 7.05 Å². The summed E-state index contributed by atoms with van der Waals surface area (Å²) in [4.78, 5) is 0. The highest BCUT2D eigenvalue weighted by molar-refractivity contribution is 7.89. The number of nitrogens with zero attached hydrogens (tertiary/aromatic N) is 3. The Morgan fingerprint density at radius 1 is 1.67 bits per heavy atom. The summed E-state index contributed by atoms with van der Waals surface area (Å²) in [7, 11) is 0.485. The third kappa shape index (κ3) is 3.21. The maximum atomic E-state index is 12.2. The van der Waals surface area contributed by atoms with E-state index < -0.39 is 16.1 Å². The van der Waals surface area contributed by atoms with Crippen molar-refractivity contribution in [1.29, 1.82) is 0 Å².